The minimum atomic E-state index is -0.463. The predicted molar refractivity (Wildman–Crippen MR) is 58.8 cm³/mol. The van der Waals surface area contributed by atoms with Gasteiger partial charge in [0.05, 0.1) is 11.7 Å². The van der Waals surface area contributed by atoms with Crippen molar-refractivity contribution in [3.8, 4) is 0 Å². The van der Waals surface area contributed by atoms with E-state index in [0.717, 1.165) is 16.1 Å². The van der Waals surface area contributed by atoms with Crippen molar-refractivity contribution in [2.75, 3.05) is 0 Å². The van der Waals surface area contributed by atoms with E-state index < -0.39 is 5.82 Å². The molecule has 15 heavy (non-hydrogen) atoms. The van der Waals surface area contributed by atoms with Crippen molar-refractivity contribution in [3.63, 3.8) is 0 Å². The summed E-state index contributed by atoms with van der Waals surface area (Å²) in [5.74, 6) is -0.463. The Morgan fingerprint density at radius 1 is 1.40 bits per heavy atom. The monoisotopic (exact) mass is 268 g/mol. The highest BCUT2D eigenvalue weighted by Gasteiger charge is 2.04. The van der Waals surface area contributed by atoms with Crippen molar-refractivity contribution in [3.05, 3.63) is 40.2 Å². The largest absolute Gasteiger partial charge is 0.411 e. The van der Waals surface area contributed by atoms with Gasteiger partial charge in [0.25, 0.3) is 0 Å². The van der Waals surface area contributed by atoms with Crippen molar-refractivity contribution in [2.24, 2.45) is 5.16 Å². The third-order valence-corrected chi connectivity index (χ3v) is 2.40. The lowest BCUT2D eigenvalue weighted by Gasteiger charge is -2.00. The van der Waals surface area contributed by atoms with Crippen LogP contribution in [-0.2, 0) is 0 Å². The number of rotatable bonds is 1. The molecule has 0 saturated heterocycles. The molecule has 5 heteroatoms. The summed E-state index contributed by atoms with van der Waals surface area (Å²) in [5.41, 5.74) is 0.788. The highest BCUT2D eigenvalue weighted by molar-refractivity contribution is 9.10. The molecule has 1 heterocycles. The fraction of sp³-hybridized carbons (Fsp3) is 0. The molecule has 0 aliphatic carbocycles. The lowest BCUT2D eigenvalue weighted by Crippen LogP contribution is -1.90. The van der Waals surface area contributed by atoms with Gasteiger partial charge in [-0.1, -0.05) is 5.16 Å². The highest BCUT2D eigenvalue weighted by Crippen LogP contribution is 2.20. The van der Waals surface area contributed by atoms with Gasteiger partial charge in [-0.25, -0.2) is 4.39 Å². The number of nitrogens with zero attached hydrogens (tertiary/aromatic N) is 2. The van der Waals surface area contributed by atoms with Gasteiger partial charge < -0.3 is 5.21 Å². The lowest BCUT2D eigenvalue weighted by atomic mass is 10.1. The lowest BCUT2D eigenvalue weighted by molar-refractivity contribution is 0.321. The third kappa shape index (κ3) is 1.97. The van der Waals surface area contributed by atoms with Gasteiger partial charge in [-0.3, -0.25) is 4.98 Å². The molecule has 0 radical (unpaired) electrons. The summed E-state index contributed by atoms with van der Waals surface area (Å²) in [6.07, 6.45) is 2.65. The minimum absolute atomic E-state index is 0.227. The normalized spacial score (nSPS) is 11.3. The Morgan fingerprint density at radius 2 is 2.20 bits per heavy atom. The first-order valence-corrected chi connectivity index (χ1v) is 4.92. The molecule has 0 atom stereocenters. The van der Waals surface area contributed by atoms with E-state index in [-0.39, 0.29) is 5.56 Å². The van der Waals surface area contributed by atoms with Crippen molar-refractivity contribution < 1.29 is 9.60 Å². The Hall–Kier alpha value is -1.49. The van der Waals surface area contributed by atoms with E-state index in [0.29, 0.717) is 5.52 Å². The number of pyridine rings is 1. The quantitative estimate of drug-likeness (QED) is 0.491. The molecule has 1 aromatic carbocycles. The van der Waals surface area contributed by atoms with Gasteiger partial charge in [0.2, 0.25) is 0 Å². The SMILES string of the molecule is O/N=C/c1cc2cc(Br)cnc2cc1F. The Balaban J connectivity index is 2.71. The summed E-state index contributed by atoms with van der Waals surface area (Å²) in [5, 5.41) is 11.9. The maximum absolute atomic E-state index is 13.4. The van der Waals surface area contributed by atoms with Crippen LogP contribution in [0.5, 0.6) is 0 Å². The Labute approximate surface area is 93.4 Å². The number of fused-ring (bicyclic) bond motifs is 1. The number of aromatic nitrogens is 1. The zero-order valence-electron chi connectivity index (χ0n) is 7.48. The maximum atomic E-state index is 13.4. The van der Waals surface area contributed by atoms with Crippen LogP contribution in [0.3, 0.4) is 0 Å². The topological polar surface area (TPSA) is 45.5 Å². The molecular weight excluding hydrogens is 263 g/mol. The molecule has 0 fully saturated rings. The van der Waals surface area contributed by atoms with Crippen molar-refractivity contribution in [1.82, 2.24) is 4.98 Å². The van der Waals surface area contributed by atoms with E-state index in [1.165, 1.54) is 6.07 Å². The van der Waals surface area contributed by atoms with Gasteiger partial charge in [-0.15, -0.1) is 0 Å². The van der Waals surface area contributed by atoms with Crippen LogP contribution in [0.25, 0.3) is 10.9 Å². The summed E-state index contributed by atoms with van der Waals surface area (Å²) < 4.78 is 14.2. The van der Waals surface area contributed by atoms with Gasteiger partial charge in [0.1, 0.15) is 5.82 Å². The molecule has 2 aromatic rings. The zero-order chi connectivity index (χ0) is 10.8. The molecule has 0 spiro atoms. The molecule has 0 bridgehead atoms. The average molecular weight is 269 g/mol. The molecule has 0 aliphatic heterocycles. The molecule has 3 nitrogen and oxygen atoms in total. The Bertz CT molecular complexity index is 542. The van der Waals surface area contributed by atoms with E-state index in [1.807, 2.05) is 6.07 Å². The van der Waals surface area contributed by atoms with Crippen LogP contribution in [0.4, 0.5) is 4.39 Å². The molecule has 1 aromatic heterocycles. The summed E-state index contributed by atoms with van der Waals surface area (Å²) in [6.45, 7) is 0. The predicted octanol–water partition coefficient (Wildman–Crippen LogP) is 2.94. The summed E-state index contributed by atoms with van der Waals surface area (Å²) in [7, 11) is 0. The van der Waals surface area contributed by atoms with Gasteiger partial charge in [0, 0.05) is 27.7 Å². The van der Waals surface area contributed by atoms with Crippen molar-refractivity contribution in [1.29, 1.82) is 0 Å². The molecule has 0 amide bonds. The van der Waals surface area contributed by atoms with Crippen LogP contribution < -0.4 is 0 Å². The number of halogens is 2. The van der Waals surface area contributed by atoms with Gasteiger partial charge in [0.15, 0.2) is 0 Å². The van der Waals surface area contributed by atoms with Crippen molar-refractivity contribution >= 4 is 33.0 Å². The van der Waals surface area contributed by atoms with Crippen LogP contribution in [0, 0.1) is 5.82 Å². The molecule has 0 aliphatic rings. The average Bonchev–Trinajstić information content (AvgIpc) is 2.20. The summed E-state index contributed by atoms with van der Waals surface area (Å²) in [4.78, 5) is 4.05. The molecule has 76 valence electrons. The molecular formula is C10H6BrFN2O. The smallest absolute Gasteiger partial charge is 0.134 e. The first-order chi connectivity index (χ1) is 7.20. The minimum Gasteiger partial charge on any atom is -0.411 e. The number of oxime groups is 1. The van der Waals surface area contributed by atoms with Crippen molar-refractivity contribution in [2.45, 2.75) is 0 Å². The molecule has 1 N–H and O–H groups in total. The Kier molecular flexibility index (Phi) is 2.64. The molecule has 2 rings (SSSR count). The highest BCUT2D eigenvalue weighted by atomic mass is 79.9. The number of hydrogen-bond donors (Lipinski definition) is 1. The number of benzene rings is 1. The van der Waals surface area contributed by atoms with Gasteiger partial charge >= 0.3 is 0 Å². The Morgan fingerprint density at radius 3 is 2.93 bits per heavy atom. The zero-order valence-corrected chi connectivity index (χ0v) is 9.07. The fourth-order valence-corrected chi connectivity index (χ4v) is 1.65. The van der Waals surface area contributed by atoms with E-state index in [9.17, 15) is 4.39 Å². The van der Waals surface area contributed by atoms with Crippen LogP contribution in [-0.4, -0.2) is 16.4 Å². The third-order valence-electron chi connectivity index (χ3n) is 1.96. The van der Waals surface area contributed by atoms with E-state index in [4.69, 9.17) is 5.21 Å². The van der Waals surface area contributed by atoms with Crippen LogP contribution in [0.1, 0.15) is 5.56 Å². The standard InChI is InChI=1S/C10H6BrFN2O/c11-8-2-6-1-7(4-14-15)9(12)3-10(6)13-5-8/h1-5,15H/b14-4+. The first kappa shape index (κ1) is 10.0. The second-order valence-corrected chi connectivity index (χ2v) is 3.88. The summed E-state index contributed by atoms with van der Waals surface area (Å²) >= 11 is 3.28. The molecule has 0 saturated carbocycles. The molecule has 0 unspecified atom stereocenters. The van der Waals surface area contributed by atoms with E-state index >= 15 is 0 Å². The summed E-state index contributed by atoms with van der Waals surface area (Å²) in [6, 6.07) is 4.69. The van der Waals surface area contributed by atoms with Gasteiger partial charge in [-0.2, -0.15) is 0 Å². The van der Waals surface area contributed by atoms with Crippen LogP contribution in [0.2, 0.25) is 0 Å². The van der Waals surface area contributed by atoms with E-state index in [1.54, 1.807) is 12.3 Å². The van der Waals surface area contributed by atoms with Gasteiger partial charge in [-0.05, 0) is 28.1 Å². The van der Waals surface area contributed by atoms with Crippen LogP contribution >= 0.6 is 15.9 Å². The number of hydrogen-bond acceptors (Lipinski definition) is 3. The second kappa shape index (κ2) is 3.94. The second-order valence-electron chi connectivity index (χ2n) is 2.96. The fourth-order valence-electron chi connectivity index (χ4n) is 1.30. The maximum Gasteiger partial charge on any atom is 0.134 e. The van der Waals surface area contributed by atoms with Crippen LogP contribution in [0.15, 0.2) is 34.0 Å². The van der Waals surface area contributed by atoms with E-state index in [2.05, 4.69) is 26.1 Å². The first-order valence-electron chi connectivity index (χ1n) is 4.13.